The summed E-state index contributed by atoms with van der Waals surface area (Å²) in [5, 5.41) is 0. The predicted octanol–water partition coefficient (Wildman–Crippen LogP) is 2.96. The van der Waals surface area contributed by atoms with Crippen LogP contribution >= 0.6 is 24.0 Å². The summed E-state index contributed by atoms with van der Waals surface area (Å²) in [5.41, 5.74) is 8.63. The lowest BCUT2D eigenvalue weighted by Crippen LogP contribution is -2.51. The third kappa shape index (κ3) is 6.70. The Balaban J connectivity index is 0.00000306. The van der Waals surface area contributed by atoms with Crippen molar-refractivity contribution in [2.24, 2.45) is 10.7 Å². The van der Waals surface area contributed by atoms with Crippen LogP contribution in [0.4, 0.5) is 10.1 Å². The summed E-state index contributed by atoms with van der Waals surface area (Å²) >= 11 is 0. The van der Waals surface area contributed by atoms with Crippen LogP contribution in [0, 0.1) is 5.82 Å². The molecule has 0 amide bonds. The van der Waals surface area contributed by atoms with Gasteiger partial charge in [0.05, 0.1) is 32.9 Å². The molecule has 0 bridgehead atoms. The Labute approximate surface area is 212 Å². The first-order valence-corrected chi connectivity index (χ1v) is 11.1. The number of halogens is 2. The molecule has 4 rings (SSSR count). The molecule has 2 N–H and O–H groups in total. The Kier molecular flexibility index (Phi) is 9.57. The van der Waals surface area contributed by atoms with Crippen LogP contribution in [-0.4, -0.2) is 81.9 Å². The van der Waals surface area contributed by atoms with Gasteiger partial charge in [0.15, 0.2) is 5.96 Å². The summed E-state index contributed by atoms with van der Waals surface area (Å²) < 4.78 is 24.0. The number of ether oxygens (including phenoxy) is 2. The summed E-state index contributed by atoms with van der Waals surface area (Å²) in [5.74, 6) is 1.21. The SMILES string of the molecule is COc1ccc(C(CN=C(N)N2CCN(c3ccc(F)cc3)CC2)N2CCOCC2)cc1.I. The molecule has 2 fully saturated rings. The molecule has 2 aromatic rings. The first kappa shape index (κ1) is 25.5. The number of morpholine rings is 1. The minimum absolute atomic E-state index is 0. The van der Waals surface area contributed by atoms with E-state index in [0.717, 1.165) is 63.9 Å². The van der Waals surface area contributed by atoms with Gasteiger partial charge < -0.3 is 25.0 Å². The molecule has 0 radical (unpaired) electrons. The zero-order valence-electron chi connectivity index (χ0n) is 19.0. The van der Waals surface area contributed by atoms with Gasteiger partial charge in [0.1, 0.15) is 11.6 Å². The quantitative estimate of drug-likeness (QED) is 0.328. The number of anilines is 1. The predicted molar refractivity (Wildman–Crippen MR) is 140 cm³/mol. The number of nitrogens with two attached hydrogens (primary N) is 1. The third-order valence-electron chi connectivity index (χ3n) is 6.21. The van der Waals surface area contributed by atoms with Crippen LogP contribution < -0.4 is 15.4 Å². The van der Waals surface area contributed by atoms with E-state index in [4.69, 9.17) is 20.2 Å². The molecule has 2 aromatic carbocycles. The molecule has 180 valence electrons. The molecule has 2 aliphatic rings. The number of rotatable bonds is 6. The smallest absolute Gasteiger partial charge is 0.191 e. The van der Waals surface area contributed by atoms with Gasteiger partial charge in [-0.1, -0.05) is 12.1 Å². The molecule has 0 aromatic heterocycles. The summed E-state index contributed by atoms with van der Waals surface area (Å²) in [6.07, 6.45) is 0. The maximum Gasteiger partial charge on any atom is 0.191 e. The highest BCUT2D eigenvalue weighted by molar-refractivity contribution is 14.0. The fraction of sp³-hybridized carbons (Fsp3) is 0.458. The summed E-state index contributed by atoms with van der Waals surface area (Å²) in [4.78, 5) is 11.6. The van der Waals surface area contributed by atoms with Gasteiger partial charge in [0, 0.05) is 45.0 Å². The molecule has 2 saturated heterocycles. The van der Waals surface area contributed by atoms with Gasteiger partial charge in [-0.25, -0.2) is 4.39 Å². The van der Waals surface area contributed by atoms with Crippen LogP contribution in [0.2, 0.25) is 0 Å². The zero-order valence-corrected chi connectivity index (χ0v) is 21.4. The molecule has 0 aliphatic carbocycles. The summed E-state index contributed by atoms with van der Waals surface area (Å²) in [7, 11) is 1.68. The normalized spacial score (nSPS) is 18.5. The highest BCUT2D eigenvalue weighted by atomic mass is 127. The molecule has 0 spiro atoms. The van der Waals surface area contributed by atoms with E-state index in [1.165, 1.54) is 17.7 Å². The monoisotopic (exact) mass is 569 g/mol. The van der Waals surface area contributed by atoms with E-state index in [9.17, 15) is 4.39 Å². The van der Waals surface area contributed by atoms with Gasteiger partial charge in [-0.05, 0) is 42.0 Å². The van der Waals surface area contributed by atoms with Crippen LogP contribution in [0.3, 0.4) is 0 Å². The topological polar surface area (TPSA) is 66.6 Å². The van der Waals surface area contributed by atoms with E-state index in [-0.39, 0.29) is 35.8 Å². The second kappa shape index (κ2) is 12.4. The molecular weight excluding hydrogens is 536 g/mol. The Morgan fingerprint density at radius 1 is 1.00 bits per heavy atom. The van der Waals surface area contributed by atoms with Gasteiger partial charge in [-0.2, -0.15) is 0 Å². The highest BCUT2D eigenvalue weighted by Gasteiger charge is 2.24. The van der Waals surface area contributed by atoms with Crippen molar-refractivity contribution in [2.45, 2.75) is 6.04 Å². The maximum atomic E-state index is 13.2. The number of guanidine groups is 1. The Morgan fingerprint density at radius 2 is 1.64 bits per heavy atom. The molecule has 0 saturated carbocycles. The van der Waals surface area contributed by atoms with Crippen molar-refractivity contribution in [1.82, 2.24) is 9.80 Å². The second-order valence-corrected chi connectivity index (χ2v) is 8.09. The van der Waals surface area contributed by atoms with E-state index in [1.54, 1.807) is 7.11 Å². The number of aliphatic imine (C=N–C) groups is 1. The Bertz CT molecular complexity index is 883. The van der Waals surface area contributed by atoms with Crippen LogP contribution in [0.25, 0.3) is 0 Å². The molecule has 33 heavy (non-hydrogen) atoms. The van der Waals surface area contributed by atoms with Crippen molar-refractivity contribution >= 4 is 35.6 Å². The largest absolute Gasteiger partial charge is 0.497 e. The molecular formula is C24H33FIN5O2. The van der Waals surface area contributed by atoms with Gasteiger partial charge in [0.2, 0.25) is 0 Å². The lowest BCUT2D eigenvalue weighted by atomic mass is 10.0. The molecule has 1 atom stereocenters. The molecule has 2 aliphatic heterocycles. The maximum absolute atomic E-state index is 13.2. The fourth-order valence-corrected chi connectivity index (χ4v) is 4.27. The molecule has 1 unspecified atom stereocenters. The zero-order chi connectivity index (χ0) is 22.3. The minimum Gasteiger partial charge on any atom is -0.497 e. The van der Waals surface area contributed by atoms with E-state index in [1.807, 2.05) is 24.3 Å². The summed E-state index contributed by atoms with van der Waals surface area (Å²) in [6.45, 7) is 7.05. The second-order valence-electron chi connectivity index (χ2n) is 8.09. The number of methoxy groups -OCH3 is 1. The number of hydrogen-bond donors (Lipinski definition) is 1. The Hall–Kier alpha value is -2.11. The molecule has 2 heterocycles. The van der Waals surface area contributed by atoms with Gasteiger partial charge in [-0.3, -0.25) is 9.89 Å². The summed E-state index contributed by atoms with van der Waals surface area (Å²) in [6, 6.07) is 15.0. The van der Waals surface area contributed by atoms with Crippen molar-refractivity contribution in [3.05, 3.63) is 59.9 Å². The van der Waals surface area contributed by atoms with Gasteiger partial charge >= 0.3 is 0 Å². The minimum atomic E-state index is -0.213. The number of hydrogen-bond acceptors (Lipinski definition) is 5. The van der Waals surface area contributed by atoms with E-state index >= 15 is 0 Å². The lowest BCUT2D eigenvalue weighted by molar-refractivity contribution is 0.0179. The average molecular weight is 569 g/mol. The van der Waals surface area contributed by atoms with Crippen molar-refractivity contribution in [2.75, 3.05) is 71.0 Å². The molecule has 7 nitrogen and oxygen atoms in total. The highest BCUT2D eigenvalue weighted by Crippen LogP contribution is 2.25. The van der Waals surface area contributed by atoms with Crippen LogP contribution in [0.1, 0.15) is 11.6 Å². The van der Waals surface area contributed by atoms with Gasteiger partial charge in [-0.15, -0.1) is 24.0 Å². The van der Waals surface area contributed by atoms with Crippen molar-refractivity contribution in [3.8, 4) is 5.75 Å². The first-order chi connectivity index (χ1) is 15.6. The van der Waals surface area contributed by atoms with Crippen molar-refractivity contribution in [1.29, 1.82) is 0 Å². The first-order valence-electron chi connectivity index (χ1n) is 11.1. The van der Waals surface area contributed by atoms with E-state index in [0.29, 0.717) is 12.5 Å². The van der Waals surface area contributed by atoms with Crippen molar-refractivity contribution < 1.29 is 13.9 Å². The van der Waals surface area contributed by atoms with Gasteiger partial charge in [0.25, 0.3) is 0 Å². The van der Waals surface area contributed by atoms with Crippen LogP contribution in [0.5, 0.6) is 5.75 Å². The number of nitrogens with zero attached hydrogens (tertiary/aromatic N) is 4. The average Bonchev–Trinajstić information content (AvgIpc) is 2.86. The number of piperazine rings is 1. The fourth-order valence-electron chi connectivity index (χ4n) is 4.27. The van der Waals surface area contributed by atoms with Crippen molar-refractivity contribution in [3.63, 3.8) is 0 Å². The lowest BCUT2D eigenvalue weighted by Gasteiger charge is -2.37. The Morgan fingerprint density at radius 3 is 2.24 bits per heavy atom. The van der Waals surface area contributed by atoms with E-state index < -0.39 is 0 Å². The standard InChI is InChI=1S/C24H32FN5O2.HI/c1-31-22-8-2-19(3-9-22)23(29-14-16-32-17-15-29)18-27-24(26)30-12-10-28(11-13-30)21-6-4-20(25)5-7-21;/h2-9,23H,10-18H2,1H3,(H2,26,27);1H. The van der Waals surface area contributed by atoms with E-state index in [2.05, 4.69) is 26.8 Å². The third-order valence-corrected chi connectivity index (χ3v) is 6.21. The number of benzene rings is 2. The molecule has 9 heteroatoms. The van der Waals surface area contributed by atoms with Crippen LogP contribution in [0.15, 0.2) is 53.5 Å². The van der Waals surface area contributed by atoms with Crippen LogP contribution in [-0.2, 0) is 4.74 Å².